The Morgan fingerprint density at radius 1 is 1.23 bits per heavy atom. The third-order valence-corrected chi connectivity index (χ3v) is 3.66. The van der Waals surface area contributed by atoms with Crippen LogP contribution >= 0.6 is 0 Å². The molecule has 0 radical (unpaired) electrons. The first-order valence-electron chi connectivity index (χ1n) is 6.90. The van der Waals surface area contributed by atoms with Crippen molar-refractivity contribution in [3.8, 4) is 11.9 Å². The number of methoxy groups -OCH3 is 2. The molecule has 2 fully saturated rings. The second-order valence-corrected chi connectivity index (χ2v) is 5.54. The van der Waals surface area contributed by atoms with Crippen LogP contribution in [0.25, 0.3) is 0 Å². The van der Waals surface area contributed by atoms with Gasteiger partial charge in [0.2, 0.25) is 5.88 Å². The summed E-state index contributed by atoms with van der Waals surface area (Å²) in [7, 11) is 2.96. The lowest BCUT2D eigenvalue weighted by Gasteiger charge is -2.23. The Morgan fingerprint density at radius 2 is 1.95 bits per heavy atom. The van der Waals surface area contributed by atoms with Gasteiger partial charge in [0, 0.05) is 6.20 Å². The molecule has 4 atom stereocenters. The first-order chi connectivity index (χ1) is 10.5. The van der Waals surface area contributed by atoms with E-state index >= 15 is 0 Å². The molecule has 1 unspecified atom stereocenters. The molecule has 22 heavy (non-hydrogen) atoms. The van der Waals surface area contributed by atoms with Crippen LogP contribution in [0.4, 0.5) is 0 Å². The van der Waals surface area contributed by atoms with Gasteiger partial charge in [-0.3, -0.25) is 0 Å². The van der Waals surface area contributed by atoms with Crippen molar-refractivity contribution in [1.82, 2.24) is 9.97 Å². The number of rotatable bonds is 4. The van der Waals surface area contributed by atoms with Crippen molar-refractivity contribution in [1.29, 1.82) is 0 Å². The van der Waals surface area contributed by atoms with Gasteiger partial charge < -0.3 is 28.5 Å². The van der Waals surface area contributed by atoms with Crippen LogP contribution in [-0.4, -0.2) is 54.6 Å². The molecule has 2 aliphatic heterocycles. The van der Waals surface area contributed by atoms with Crippen molar-refractivity contribution in [2.75, 3.05) is 14.2 Å². The monoisotopic (exact) mass is 310 g/mol. The van der Waals surface area contributed by atoms with Crippen LogP contribution in [0.1, 0.15) is 25.5 Å². The first kappa shape index (κ1) is 15.1. The summed E-state index contributed by atoms with van der Waals surface area (Å²) < 4.78 is 27.7. The molecule has 1 aromatic rings. The van der Waals surface area contributed by atoms with Crippen molar-refractivity contribution in [2.45, 2.75) is 44.1 Å². The summed E-state index contributed by atoms with van der Waals surface area (Å²) in [6.45, 7) is 3.60. The van der Waals surface area contributed by atoms with Crippen molar-refractivity contribution in [3.05, 3.63) is 11.8 Å². The molecule has 0 bridgehead atoms. The van der Waals surface area contributed by atoms with Crippen LogP contribution in [0, 0.1) is 0 Å². The van der Waals surface area contributed by atoms with Gasteiger partial charge in [-0.15, -0.1) is 0 Å². The molecule has 0 amide bonds. The molecular formula is C14H18N2O6. The third kappa shape index (κ3) is 2.43. The number of nitrogens with zero attached hydrogens (tertiary/aromatic N) is 2. The molecule has 120 valence electrons. The molecule has 1 aromatic heterocycles. The summed E-state index contributed by atoms with van der Waals surface area (Å²) in [4.78, 5) is 19.5. The topological polar surface area (TPSA) is 89.0 Å². The number of carbonyl (C=O) groups excluding carboxylic acids is 1. The van der Waals surface area contributed by atoms with E-state index in [1.807, 2.05) is 0 Å². The van der Waals surface area contributed by atoms with Crippen LogP contribution in [0.3, 0.4) is 0 Å². The van der Waals surface area contributed by atoms with Crippen LogP contribution in [0.2, 0.25) is 0 Å². The molecule has 0 spiro atoms. The second-order valence-electron chi connectivity index (χ2n) is 5.54. The summed E-state index contributed by atoms with van der Waals surface area (Å²) in [5.74, 6) is -0.463. The van der Waals surface area contributed by atoms with Gasteiger partial charge in [0.15, 0.2) is 12.1 Å². The van der Waals surface area contributed by atoms with Gasteiger partial charge in [0.05, 0.1) is 19.8 Å². The minimum atomic E-state index is -0.779. The van der Waals surface area contributed by atoms with E-state index in [4.69, 9.17) is 23.7 Å². The zero-order chi connectivity index (χ0) is 15.9. The van der Waals surface area contributed by atoms with E-state index in [1.165, 1.54) is 14.2 Å². The first-order valence-corrected chi connectivity index (χ1v) is 6.90. The van der Waals surface area contributed by atoms with Crippen LogP contribution in [-0.2, 0) is 19.0 Å². The predicted octanol–water partition coefficient (Wildman–Crippen LogP) is 0.653. The van der Waals surface area contributed by atoms with Crippen molar-refractivity contribution >= 4 is 6.29 Å². The van der Waals surface area contributed by atoms with Gasteiger partial charge >= 0.3 is 6.01 Å². The Hall–Kier alpha value is -1.77. The summed E-state index contributed by atoms with van der Waals surface area (Å²) in [5.41, 5.74) is 0.587. The van der Waals surface area contributed by atoms with Gasteiger partial charge in [-0.2, -0.15) is 4.98 Å². The van der Waals surface area contributed by atoms with Gasteiger partial charge in [-0.05, 0) is 13.8 Å². The van der Waals surface area contributed by atoms with E-state index in [-0.39, 0.29) is 6.01 Å². The van der Waals surface area contributed by atoms with Crippen molar-refractivity contribution in [3.63, 3.8) is 0 Å². The highest BCUT2D eigenvalue weighted by molar-refractivity contribution is 5.58. The minimum absolute atomic E-state index is 0.186. The van der Waals surface area contributed by atoms with E-state index in [0.717, 1.165) is 6.29 Å². The van der Waals surface area contributed by atoms with E-state index in [9.17, 15) is 4.79 Å². The van der Waals surface area contributed by atoms with Crippen molar-refractivity contribution in [2.24, 2.45) is 0 Å². The Morgan fingerprint density at radius 3 is 2.59 bits per heavy atom. The number of hydrogen-bond donors (Lipinski definition) is 0. The molecule has 0 aliphatic carbocycles. The summed E-state index contributed by atoms with van der Waals surface area (Å²) >= 11 is 0. The van der Waals surface area contributed by atoms with Gasteiger partial charge in [-0.1, -0.05) is 0 Å². The normalized spacial score (nSPS) is 32.5. The quantitative estimate of drug-likeness (QED) is 0.749. The molecule has 0 saturated carbocycles. The smallest absolute Gasteiger partial charge is 0.319 e. The number of aromatic nitrogens is 2. The van der Waals surface area contributed by atoms with E-state index in [1.54, 1.807) is 20.0 Å². The molecule has 3 heterocycles. The number of carbonyl (C=O) groups is 1. The number of ether oxygens (including phenoxy) is 5. The Bertz CT molecular complexity index is 578. The lowest BCUT2D eigenvalue weighted by atomic mass is 10.0. The fourth-order valence-corrected chi connectivity index (χ4v) is 2.81. The number of aldehydes is 1. The standard InChI is InChI=1S/C14H18N2O6/c1-14(2)21-10-8(6-17)20-9(11(10)22-14)7-5-15-13(19-4)16-12(7)18-3/h5-6,8-11H,1-4H3/t8-,9+,10-,11?/m1/s1. The molecule has 8 nitrogen and oxygen atoms in total. The SMILES string of the molecule is COc1ncc([C@@H]2O[C@H](C=O)[C@H]3OC(C)(C)OC23)c(OC)n1. The van der Waals surface area contributed by atoms with Gasteiger partial charge in [-0.25, -0.2) is 4.98 Å². The maximum Gasteiger partial charge on any atom is 0.319 e. The Balaban J connectivity index is 1.96. The molecule has 2 aliphatic rings. The Labute approximate surface area is 127 Å². The predicted molar refractivity (Wildman–Crippen MR) is 72.6 cm³/mol. The van der Waals surface area contributed by atoms with Gasteiger partial charge in [0.25, 0.3) is 0 Å². The average molecular weight is 310 g/mol. The zero-order valence-corrected chi connectivity index (χ0v) is 12.8. The van der Waals surface area contributed by atoms with Crippen LogP contribution in [0.5, 0.6) is 11.9 Å². The van der Waals surface area contributed by atoms with Crippen LogP contribution < -0.4 is 9.47 Å². The molecule has 2 saturated heterocycles. The third-order valence-electron chi connectivity index (χ3n) is 3.66. The highest BCUT2D eigenvalue weighted by Crippen LogP contribution is 2.46. The molecule has 0 N–H and O–H groups in total. The molecule has 8 heteroatoms. The largest absolute Gasteiger partial charge is 0.481 e. The summed E-state index contributed by atoms with van der Waals surface area (Å²) in [5, 5.41) is 0. The van der Waals surface area contributed by atoms with Crippen LogP contribution in [0.15, 0.2) is 6.20 Å². The highest BCUT2D eigenvalue weighted by Gasteiger charge is 2.56. The average Bonchev–Trinajstić information content (AvgIpc) is 2.99. The maximum atomic E-state index is 11.2. The minimum Gasteiger partial charge on any atom is -0.481 e. The van der Waals surface area contributed by atoms with E-state index < -0.39 is 30.2 Å². The van der Waals surface area contributed by atoms with Gasteiger partial charge in [0.1, 0.15) is 24.4 Å². The second kappa shape index (κ2) is 5.45. The lowest BCUT2D eigenvalue weighted by Crippen LogP contribution is -2.30. The van der Waals surface area contributed by atoms with E-state index in [0.29, 0.717) is 11.4 Å². The van der Waals surface area contributed by atoms with Crippen molar-refractivity contribution < 1.29 is 28.5 Å². The highest BCUT2D eigenvalue weighted by atomic mass is 16.8. The number of hydrogen-bond acceptors (Lipinski definition) is 8. The summed E-state index contributed by atoms with van der Waals surface area (Å²) in [6.07, 6.45) is 0.111. The molecule has 0 aromatic carbocycles. The maximum absolute atomic E-state index is 11.2. The number of fused-ring (bicyclic) bond motifs is 1. The fraction of sp³-hybridized carbons (Fsp3) is 0.643. The summed E-state index contributed by atoms with van der Waals surface area (Å²) in [6, 6.07) is 0.186. The fourth-order valence-electron chi connectivity index (χ4n) is 2.81. The lowest BCUT2D eigenvalue weighted by molar-refractivity contribution is -0.186. The Kier molecular flexibility index (Phi) is 3.75. The molecular weight excluding hydrogens is 292 g/mol. The molecule has 3 rings (SSSR count). The van der Waals surface area contributed by atoms with E-state index in [2.05, 4.69) is 9.97 Å². The zero-order valence-electron chi connectivity index (χ0n) is 12.8.